The minimum atomic E-state index is -5.08. The molecule has 1 aliphatic rings. The van der Waals surface area contributed by atoms with Crippen LogP contribution in [0.2, 0.25) is 0 Å². The van der Waals surface area contributed by atoms with Crippen LogP contribution in [0.3, 0.4) is 0 Å². The Bertz CT molecular complexity index is 918. The number of aromatic nitrogens is 3. The van der Waals surface area contributed by atoms with Crippen molar-refractivity contribution in [3.8, 4) is 0 Å². The van der Waals surface area contributed by atoms with Crippen LogP contribution in [0.5, 0.6) is 0 Å². The molecule has 2 aromatic rings. The molecule has 0 spiro atoms. The van der Waals surface area contributed by atoms with Crippen LogP contribution in [0.25, 0.3) is 0 Å². The number of aliphatic carboxylic acids is 1. The van der Waals surface area contributed by atoms with E-state index in [0.717, 1.165) is 62.6 Å². The molecule has 1 amide bonds. The second-order valence-electron chi connectivity index (χ2n) is 7.10. The Kier molecular flexibility index (Phi) is 8.93. The number of carboxylic acids is 1. The third kappa shape index (κ3) is 6.62. The van der Waals surface area contributed by atoms with Crippen LogP contribution in [0, 0.1) is 6.92 Å². The molecule has 0 unspecified atom stereocenters. The first-order chi connectivity index (χ1) is 15.1. The third-order valence-electron chi connectivity index (χ3n) is 4.65. The molecule has 12 heteroatoms. The van der Waals surface area contributed by atoms with E-state index in [1.165, 1.54) is 16.2 Å². The van der Waals surface area contributed by atoms with Gasteiger partial charge in [0.05, 0.1) is 5.69 Å². The lowest BCUT2D eigenvalue weighted by molar-refractivity contribution is -0.192. The zero-order chi connectivity index (χ0) is 23.9. The van der Waals surface area contributed by atoms with Gasteiger partial charge in [-0.1, -0.05) is 13.3 Å². The summed E-state index contributed by atoms with van der Waals surface area (Å²) in [6, 6.07) is 3.93. The van der Waals surface area contributed by atoms with Gasteiger partial charge in [-0.2, -0.15) is 18.3 Å². The summed E-state index contributed by atoms with van der Waals surface area (Å²) in [6.07, 6.45) is -0.976. The Morgan fingerprint density at radius 2 is 1.94 bits per heavy atom. The maximum atomic E-state index is 12.8. The first-order valence-electron chi connectivity index (χ1n) is 10.2. The highest BCUT2D eigenvalue weighted by Gasteiger charge is 2.38. The van der Waals surface area contributed by atoms with Crippen molar-refractivity contribution in [3.05, 3.63) is 27.7 Å². The Morgan fingerprint density at radius 3 is 2.47 bits per heavy atom. The van der Waals surface area contributed by atoms with Gasteiger partial charge in [-0.15, -0.1) is 16.4 Å². The number of carbonyl (C=O) groups is 2. The molecule has 1 N–H and O–H groups in total. The van der Waals surface area contributed by atoms with Crippen LogP contribution in [0.15, 0.2) is 12.1 Å². The molecular formula is C20H26F3N5O3S. The molecule has 0 saturated carbocycles. The number of fused-ring (bicyclic) bond motifs is 1. The SMILES string of the molecule is CCCCN(CC)C(=O)c1nc2c(s1)CCCN2c1ccc(C)nn1.O=C(O)C(F)(F)F. The average Bonchev–Trinajstić information content (AvgIpc) is 3.19. The number of hydrogen-bond donors (Lipinski definition) is 1. The van der Waals surface area contributed by atoms with E-state index < -0.39 is 12.1 Å². The van der Waals surface area contributed by atoms with E-state index >= 15 is 0 Å². The lowest BCUT2D eigenvalue weighted by atomic mass is 10.2. The van der Waals surface area contributed by atoms with Gasteiger partial charge in [0, 0.05) is 24.5 Å². The Morgan fingerprint density at radius 1 is 1.25 bits per heavy atom. The predicted molar refractivity (Wildman–Crippen MR) is 114 cm³/mol. The molecule has 176 valence electrons. The fraction of sp³-hybridized carbons (Fsp3) is 0.550. The molecule has 0 fully saturated rings. The van der Waals surface area contributed by atoms with E-state index in [9.17, 15) is 18.0 Å². The fourth-order valence-corrected chi connectivity index (χ4v) is 4.03. The number of carbonyl (C=O) groups excluding carboxylic acids is 1. The molecule has 0 aliphatic carbocycles. The monoisotopic (exact) mass is 473 g/mol. The minimum Gasteiger partial charge on any atom is -0.475 e. The van der Waals surface area contributed by atoms with Gasteiger partial charge in [0.25, 0.3) is 5.91 Å². The number of unbranched alkanes of at least 4 members (excludes halogenated alkanes) is 1. The molecule has 3 heterocycles. The molecule has 0 radical (unpaired) electrons. The second kappa shape index (κ2) is 11.2. The van der Waals surface area contributed by atoms with Crippen molar-refractivity contribution in [1.82, 2.24) is 20.1 Å². The van der Waals surface area contributed by atoms with Crippen molar-refractivity contribution in [1.29, 1.82) is 0 Å². The second-order valence-corrected chi connectivity index (χ2v) is 8.18. The third-order valence-corrected chi connectivity index (χ3v) is 5.75. The molecular weight excluding hydrogens is 447 g/mol. The maximum Gasteiger partial charge on any atom is 0.490 e. The van der Waals surface area contributed by atoms with Crippen molar-refractivity contribution in [2.75, 3.05) is 24.5 Å². The zero-order valence-electron chi connectivity index (χ0n) is 18.1. The first kappa shape index (κ1) is 25.5. The normalized spacial score (nSPS) is 13.1. The largest absolute Gasteiger partial charge is 0.490 e. The summed E-state index contributed by atoms with van der Waals surface area (Å²) in [7, 11) is 0. The molecule has 2 aromatic heterocycles. The minimum absolute atomic E-state index is 0.0466. The summed E-state index contributed by atoms with van der Waals surface area (Å²) in [6.45, 7) is 8.46. The average molecular weight is 474 g/mol. The lowest BCUT2D eigenvalue weighted by Crippen LogP contribution is -2.31. The summed E-state index contributed by atoms with van der Waals surface area (Å²) in [5.41, 5.74) is 0.893. The van der Waals surface area contributed by atoms with Crippen LogP contribution >= 0.6 is 11.3 Å². The number of aryl methyl sites for hydroxylation is 2. The molecule has 1 aliphatic heterocycles. The Balaban J connectivity index is 0.000000451. The fourth-order valence-electron chi connectivity index (χ4n) is 2.96. The van der Waals surface area contributed by atoms with Crippen LogP contribution < -0.4 is 4.90 Å². The Hall–Kier alpha value is -2.76. The van der Waals surface area contributed by atoms with E-state index in [4.69, 9.17) is 14.9 Å². The summed E-state index contributed by atoms with van der Waals surface area (Å²) < 4.78 is 31.7. The van der Waals surface area contributed by atoms with E-state index in [0.29, 0.717) is 5.01 Å². The molecule has 32 heavy (non-hydrogen) atoms. The van der Waals surface area contributed by atoms with Crippen molar-refractivity contribution in [2.24, 2.45) is 0 Å². The van der Waals surface area contributed by atoms with Gasteiger partial charge < -0.3 is 14.9 Å². The van der Waals surface area contributed by atoms with Crippen LogP contribution in [-0.2, 0) is 11.2 Å². The number of hydrogen-bond acceptors (Lipinski definition) is 7. The number of nitrogens with zero attached hydrogens (tertiary/aromatic N) is 5. The molecule has 0 aromatic carbocycles. The number of amides is 1. The number of alkyl halides is 3. The molecule has 0 saturated heterocycles. The number of anilines is 2. The van der Waals surface area contributed by atoms with Gasteiger partial charge in [0.2, 0.25) is 0 Å². The Labute approximate surface area is 188 Å². The summed E-state index contributed by atoms with van der Waals surface area (Å²) in [5, 5.41) is 16.2. The van der Waals surface area contributed by atoms with Crippen molar-refractivity contribution >= 4 is 34.8 Å². The predicted octanol–water partition coefficient (Wildman–Crippen LogP) is 4.22. The van der Waals surface area contributed by atoms with Crippen LogP contribution in [0.4, 0.5) is 24.8 Å². The number of carboxylic acid groups (broad SMARTS) is 1. The molecule has 3 rings (SSSR count). The summed E-state index contributed by atoms with van der Waals surface area (Å²) in [5.74, 6) is -1.03. The number of halogens is 3. The maximum absolute atomic E-state index is 12.8. The quantitative estimate of drug-likeness (QED) is 0.671. The van der Waals surface area contributed by atoms with E-state index in [-0.39, 0.29) is 5.91 Å². The number of rotatable bonds is 6. The van der Waals surface area contributed by atoms with Crippen LogP contribution in [0.1, 0.15) is 53.5 Å². The number of thiazole rings is 1. The van der Waals surface area contributed by atoms with Gasteiger partial charge in [-0.05, 0) is 45.2 Å². The molecule has 0 bridgehead atoms. The van der Waals surface area contributed by atoms with E-state index in [2.05, 4.69) is 22.0 Å². The van der Waals surface area contributed by atoms with Gasteiger partial charge in [0.15, 0.2) is 10.8 Å². The topological polar surface area (TPSA) is 99.5 Å². The lowest BCUT2D eigenvalue weighted by Gasteiger charge is -2.25. The summed E-state index contributed by atoms with van der Waals surface area (Å²) >= 11 is 1.53. The molecule has 8 nitrogen and oxygen atoms in total. The molecule has 0 atom stereocenters. The standard InChI is InChI=1S/C18H25N5OS.C2HF3O2/c1-4-6-11-22(5-2)18(24)17-19-16-14(25-17)8-7-12-23(16)15-10-9-13(3)20-21-15;3-2(4,5)1(6)7/h9-10H,4-8,11-12H2,1-3H3;(H,6,7). The smallest absolute Gasteiger partial charge is 0.475 e. The highest BCUT2D eigenvalue weighted by molar-refractivity contribution is 7.14. The van der Waals surface area contributed by atoms with Gasteiger partial charge in [-0.3, -0.25) is 4.79 Å². The van der Waals surface area contributed by atoms with Crippen molar-refractivity contribution < 1.29 is 27.9 Å². The van der Waals surface area contributed by atoms with Gasteiger partial charge in [-0.25, -0.2) is 9.78 Å². The van der Waals surface area contributed by atoms with Crippen molar-refractivity contribution in [3.63, 3.8) is 0 Å². The van der Waals surface area contributed by atoms with E-state index in [1.54, 1.807) is 0 Å². The van der Waals surface area contributed by atoms with Crippen molar-refractivity contribution in [2.45, 2.75) is 52.6 Å². The highest BCUT2D eigenvalue weighted by Crippen LogP contribution is 2.35. The first-order valence-corrected chi connectivity index (χ1v) is 11.1. The zero-order valence-corrected chi connectivity index (χ0v) is 19.0. The van der Waals surface area contributed by atoms with Gasteiger partial charge >= 0.3 is 12.1 Å². The van der Waals surface area contributed by atoms with E-state index in [1.807, 2.05) is 30.9 Å². The summed E-state index contributed by atoms with van der Waals surface area (Å²) in [4.78, 5) is 31.6. The van der Waals surface area contributed by atoms with Gasteiger partial charge in [0.1, 0.15) is 5.82 Å². The van der Waals surface area contributed by atoms with Crippen LogP contribution in [-0.4, -0.2) is 62.9 Å². The highest BCUT2D eigenvalue weighted by atomic mass is 32.1.